The molecule has 2 rings (SSSR count). The summed E-state index contributed by atoms with van der Waals surface area (Å²) in [5, 5.41) is 9.86. The Hall–Kier alpha value is -1.90. The van der Waals surface area contributed by atoms with E-state index in [0.29, 0.717) is 11.4 Å². The Morgan fingerprint density at radius 1 is 1.31 bits per heavy atom. The number of nitrogens with zero attached hydrogens (tertiary/aromatic N) is 2. The van der Waals surface area contributed by atoms with Crippen LogP contribution < -0.4 is 0 Å². The third-order valence-corrected chi connectivity index (χ3v) is 2.54. The Balaban J connectivity index is 2.57. The largest absolute Gasteiger partial charge is 0.506 e. The third-order valence-electron chi connectivity index (χ3n) is 2.54. The maximum Gasteiger partial charge on any atom is 0.143 e. The highest BCUT2D eigenvalue weighted by Gasteiger charge is 2.10. The molecule has 82 valence electrons. The first-order valence-corrected chi connectivity index (χ1v) is 5.33. The molecule has 16 heavy (non-hydrogen) atoms. The zero-order valence-corrected chi connectivity index (χ0v) is 9.44. The van der Waals surface area contributed by atoms with Crippen molar-refractivity contribution < 1.29 is 5.11 Å². The highest BCUT2D eigenvalue weighted by molar-refractivity contribution is 5.62. The minimum atomic E-state index is 0.188. The first-order chi connectivity index (χ1) is 7.72. The Bertz CT molecular complexity index is 495. The zero-order chi connectivity index (χ0) is 11.5. The van der Waals surface area contributed by atoms with Crippen molar-refractivity contribution in [3.63, 3.8) is 0 Å². The standard InChI is InChI=1S/C13H14N2O/c1-3-10-9(2)8-12(16)13(15-10)11-6-4-5-7-14-11/h4-8,16H,3H2,1-2H3. The molecule has 0 saturated carbocycles. The first-order valence-electron chi connectivity index (χ1n) is 5.33. The van der Waals surface area contributed by atoms with Crippen molar-refractivity contribution in [2.24, 2.45) is 0 Å². The van der Waals surface area contributed by atoms with Crippen LogP contribution in [-0.4, -0.2) is 15.1 Å². The molecule has 0 radical (unpaired) electrons. The molecule has 1 N–H and O–H groups in total. The Labute approximate surface area is 94.8 Å². The Morgan fingerprint density at radius 3 is 2.75 bits per heavy atom. The van der Waals surface area contributed by atoms with Crippen LogP contribution in [-0.2, 0) is 6.42 Å². The van der Waals surface area contributed by atoms with Crippen LogP contribution in [0, 0.1) is 6.92 Å². The molecular weight excluding hydrogens is 200 g/mol. The molecule has 0 amide bonds. The summed E-state index contributed by atoms with van der Waals surface area (Å²) in [4.78, 5) is 8.64. The van der Waals surface area contributed by atoms with Crippen LogP contribution >= 0.6 is 0 Å². The molecule has 0 spiro atoms. The summed E-state index contributed by atoms with van der Waals surface area (Å²) in [5.74, 6) is 0.188. The number of aromatic hydroxyl groups is 1. The molecule has 2 aromatic rings. The SMILES string of the molecule is CCc1nc(-c2ccccn2)c(O)cc1C. The van der Waals surface area contributed by atoms with Crippen molar-refractivity contribution in [1.82, 2.24) is 9.97 Å². The van der Waals surface area contributed by atoms with Crippen molar-refractivity contribution in [3.05, 3.63) is 41.7 Å². The van der Waals surface area contributed by atoms with Gasteiger partial charge in [0.1, 0.15) is 11.4 Å². The molecular formula is C13H14N2O. The summed E-state index contributed by atoms with van der Waals surface area (Å²) in [6.07, 6.45) is 2.55. The predicted molar refractivity (Wildman–Crippen MR) is 63.2 cm³/mol. The number of hydrogen-bond acceptors (Lipinski definition) is 3. The van der Waals surface area contributed by atoms with Gasteiger partial charge in [-0.05, 0) is 37.1 Å². The molecule has 0 aromatic carbocycles. The van der Waals surface area contributed by atoms with Gasteiger partial charge in [-0.25, -0.2) is 4.98 Å². The highest BCUT2D eigenvalue weighted by Crippen LogP contribution is 2.27. The summed E-state index contributed by atoms with van der Waals surface area (Å²) in [6, 6.07) is 7.32. The fraction of sp³-hybridized carbons (Fsp3) is 0.231. The van der Waals surface area contributed by atoms with Gasteiger partial charge in [-0.3, -0.25) is 4.98 Å². The first kappa shape index (κ1) is 10.6. The lowest BCUT2D eigenvalue weighted by Crippen LogP contribution is -1.96. The van der Waals surface area contributed by atoms with E-state index in [0.717, 1.165) is 17.7 Å². The van der Waals surface area contributed by atoms with Crippen LogP contribution in [0.2, 0.25) is 0 Å². The van der Waals surface area contributed by atoms with Gasteiger partial charge in [0.05, 0.1) is 5.69 Å². The molecule has 0 unspecified atom stereocenters. The molecule has 0 bridgehead atoms. The minimum Gasteiger partial charge on any atom is -0.506 e. The molecule has 3 heteroatoms. The highest BCUT2D eigenvalue weighted by atomic mass is 16.3. The van der Waals surface area contributed by atoms with Gasteiger partial charge >= 0.3 is 0 Å². The second-order valence-corrected chi connectivity index (χ2v) is 3.69. The number of aryl methyl sites for hydroxylation is 2. The summed E-state index contributed by atoms with van der Waals surface area (Å²) >= 11 is 0. The number of rotatable bonds is 2. The molecule has 0 fully saturated rings. The third kappa shape index (κ3) is 1.89. The van der Waals surface area contributed by atoms with Crippen LogP contribution in [0.1, 0.15) is 18.2 Å². The number of pyridine rings is 2. The predicted octanol–water partition coefficient (Wildman–Crippen LogP) is 2.72. The van der Waals surface area contributed by atoms with Gasteiger partial charge in [0.15, 0.2) is 0 Å². The minimum absolute atomic E-state index is 0.188. The molecule has 0 atom stereocenters. The quantitative estimate of drug-likeness (QED) is 0.836. The van der Waals surface area contributed by atoms with E-state index in [1.807, 2.05) is 25.1 Å². The molecule has 3 nitrogen and oxygen atoms in total. The lowest BCUT2D eigenvalue weighted by atomic mass is 10.1. The van der Waals surface area contributed by atoms with Crippen molar-refractivity contribution in [2.75, 3.05) is 0 Å². The zero-order valence-electron chi connectivity index (χ0n) is 9.44. The number of hydrogen-bond donors (Lipinski definition) is 1. The van der Waals surface area contributed by atoms with Crippen molar-refractivity contribution in [3.8, 4) is 17.1 Å². The Kier molecular flexibility index (Phi) is 2.86. The molecule has 2 aromatic heterocycles. The summed E-state index contributed by atoms with van der Waals surface area (Å²) in [7, 11) is 0. The van der Waals surface area contributed by atoms with Crippen LogP contribution in [0.5, 0.6) is 5.75 Å². The van der Waals surface area contributed by atoms with Gasteiger partial charge < -0.3 is 5.11 Å². The molecule has 0 saturated heterocycles. The van der Waals surface area contributed by atoms with E-state index in [9.17, 15) is 5.11 Å². The summed E-state index contributed by atoms with van der Waals surface area (Å²) in [5.41, 5.74) is 3.27. The van der Waals surface area contributed by atoms with Gasteiger partial charge in [0.2, 0.25) is 0 Å². The monoisotopic (exact) mass is 214 g/mol. The topological polar surface area (TPSA) is 46.0 Å². The Morgan fingerprint density at radius 2 is 2.12 bits per heavy atom. The summed E-state index contributed by atoms with van der Waals surface area (Å²) < 4.78 is 0. The van der Waals surface area contributed by atoms with E-state index in [-0.39, 0.29) is 5.75 Å². The fourth-order valence-corrected chi connectivity index (χ4v) is 1.69. The van der Waals surface area contributed by atoms with Crippen LogP contribution in [0.15, 0.2) is 30.5 Å². The van der Waals surface area contributed by atoms with E-state index in [1.165, 1.54) is 0 Å². The van der Waals surface area contributed by atoms with Crippen LogP contribution in [0.25, 0.3) is 11.4 Å². The van der Waals surface area contributed by atoms with Crippen molar-refractivity contribution in [2.45, 2.75) is 20.3 Å². The van der Waals surface area contributed by atoms with Gasteiger partial charge in [-0.1, -0.05) is 13.0 Å². The molecule has 2 heterocycles. The second-order valence-electron chi connectivity index (χ2n) is 3.69. The van der Waals surface area contributed by atoms with E-state index < -0.39 is 0 Å². The average Bonchev–Trinajstić information content (AvgIpc) is 2.30. The molecule has 0 aliphatic rings. The lowest BCUT2D eigenvalue weighted by Gasteiger charge is -2.08. The van der Waals surface area contributed by atoms with Gasteiger partial charge in [0, 0.05) is 11.9 Å². The number of aromatic nitrogens is 2. The second kappa shape index (κ2) is 4.31. The smallest absolute Gasteiger partial charge is 0.143 e. The van der Waals surface area contributed by atoms with E-state index >= 15 is 0 Å². The lowest BCUT2D eigenvalue weighted by molar-refractivity contribution is 0.473. The van der Waals surface area contributed by atoms with Gasteiger partial charge in [-0.15, -0.1) is 0 Å². The van der Waals surface area contributed by atoms with E-state index in [1.54, 1.807) is 12.3 Å². The average molecular weight is 214 g/mol. The van der Waals surface area contributed by atoms with Gasteiger partial charge in [-0.2, -0.15) is 0 Å². The van der Waals surface area contributed by atoms with Crippen LogP contribution in [0.4, 0.5) is 0 Å². The van der Waals surface area contributed by atoms with Crippen LogP contribution in [0.3, 0.4) is 0 Å². The van der Waals surface area contributed by atoms with E-state index in [4.69, 9.17) is 0 Å². The summed E-state index contributed by atoms with van der Waals surface area (Å²) in [6.45, 7) is 4.00. The fourth-order valence-electron chi connectivity index (χ4n) is 1.69. The van der Waals surface area contributed by atoms with Crippen molar-refractivity contribution in [1.29, 1.82) is 0 Å². The maximum absolute atomic E-state index is 9.86. The van der Waals surface area contributed by atoms with E-state index in [2.05, 4.69) is 16.9 Å². The maximum atomic E-state index is 9.86. The molecule has 0 aliphatic carbocycles. The molecule has 0 aliphatic heterocycles. The van der Waals surface area contributed by atoms with Crippen molar-refractivity contribution >= 4 is 0 Å². The van der Waals surface area contributed by atoms with Gasteiger partial charge in [0.25, 0.3) is 0 Å². The normalized spacial score (nSPS) is 10.4.